The molecule has 0 aliphatic heterocycles. The summed E-state index contributed by atoms with van der Waals surface area (Å²) < 4.78 is 0. The number of aromatic nitrogens is 1. The Kier molecular flexibility index (Phi) is 5.16. The third-order valence-electron chi connectivity index (χ3n) is 2.68. The normalized spacial score (nSPS) is 12.5. The van der Waals surface area contributed by atoms with Gasteiger partial charge in [0.1, 0.15) is 0 Å². The van der Waals surface area contributed by atoms with E-state index < -0.39 is 0 Å². The molecule has 1 atom stereocenters. The predicted molar refractivity (Wildman–Crippen MR) is 66.2 cm³/mol. The summed E-state index contributed by atoms with van der Waals surface area (Å²) in [5.41, 5.74) is 2.44. The van der Waals surface area contributed by atoms with Crippen LogP contribution in [0.15, 0.2) is 18.5 Å². The zero-order valence-electron chi connectivity index (χ0n) is 10.1. The molecule has 0 aliphatic rings. The highest BCUT2D eigenvalue weighted by molar-refractivity contribution is 5.48. The van der Waals surface area contributed by atoms with Crippen molar-refractivity contribution in [2.75, 3.05) is 5.32 Å². The van der Waals surface area contributed by atoms with Crippen LogP contribution in [0.4, 0.5) is 5.69 Å². The van der Waals surface area contributed by atoms with Crippen LogP contribution < -0.4 is 5.32 Å². The molecule has 1 N–H and O–H groups in total. The molecule has 0 bridgehead atoms. The molecule has 84 valence electrons. The lowest BCUT2D eigenvalue weighted by atomic mass is 10.1. The molecular weight excluding hydrogens is 184 g/mol. The minimum absolute atomic E-state index is 0.541. The number of pyridine rings is 1. The fraction of sp³-hybridized carbons (Fsp3) is 0.615. The summed E-state index contributed by atoms with van der Waals surface area (Å²) in [7, 11) is 0. The third-order valence-corrected chi connectivity index (χ3v) is 2.68. The summed E-state index contributed by atoms with van der Waals surface area (Å²) in [5.74, 6) is 0. The number of nitrogens with zero attached hydrogens (tertiary/aromatic N) is 1. The van der Waals surface area contributed by atoms with Gasteiger partial charge in [-0.05, 0) is 31.9 Å². The van der Waals surface area contributed by atoms with Crippen LogP contribution in [0.25, 0.3) is 0 Å². The molecule has 0 saturated heterocycles. The lowest BCUT2D eigenvalue weighted by Crippen LogP contribution is -2.15. The molecule has 1 aromatic heterocycles. The first-order chi connectivity index (χ1) is 7.24. The van der Waals surface area contributed by atoms with Gasteiger partial charge in [-0.1, -0.05) is 26.2 Å². The maximum atomic E-state index is 4.13. The average Bonchev–Trinajstić information content (AvgIpc) is 2.22. The fourth-order valence-corrected chi connectivity index (χ4v) is 1.65. The van der Waals surface area contributed by atoms with E-state index in [0.717, 1.165) is 0 Å². The van der Waals surface area contributed by atoms with Crippen molar-refractivity contribution in [2.45, 2.75) is 52.5 Å². The SMILES string of the molecule is CCCCCC(C)Nc1cnccc1C. The van der Waals surface area contributed by atoms with Gasteiger partial charge in [0.15, 0.2) is 0 Å². The van der Waals surface area contributed by atoms with E-state index in [1.807, 2.05) is 18.5 Å². The number of rotatable bonds is 6. The number of anilines is 1. The van der Waals surface area contributed by atoms with Crippen LogP contribution in [-0.4, -0.2) is 11.0 Å². The molecule has 0 radical (unpaired) electrons. The van der Waals surface area contributed by atoms with Crippen molar-refractivity contribution in [3.05, 3.63) is 24.0 Å². The Morgan fingerprint density at radius 2 is 2.20 bits per heavy atom. The Hall–Kier alpha value is -1.05. The van der Waals surface area contributed by atoms with Crippen molar-refractivity contribution in [1.82, 2.24) is 4.98 Å². The van der Waals surface area contributed by atoms with Crippen molar-refractivity contribution < 1.29 is 0 Å². The molecule has 0 spiro atoms. The third kappa shape index (κ3) is 4.32. The predicted octanol–water partition coefficient (Wildman–Crippen LogP) is 3.77. The van der Waals surface area contributed by atoms with Gasteiger partial charge in [0.2, 0.25) is 0 Å². The summed E-state index contributed by atoms with van der Waals surface area (Å²) in [5, 5.41) is 3.51. The molecule has 1 heterocycles. The topological polar surface area (TPSA) is 24.9 Å². The molecule has 1 rings (SSSR count). The Bertz CT molecular complexity index is 284. The summed E-state index contributed by atoms with van der Waals surface area (Å²) in [6, 6.07) is 2.58. The van der Waals surface area contributed by atoms with E-state index in [2.05, 4.69) is 31.1 Å². The first kappa shape index (κ1) is 12.0. The number of nitrogens with one attached hydrogen (secondary N) is 1. The first-order valence-corrected chi connectivity index (χ1v) is 5.91. The van der Waals surface area contributed by atoms with Gasteiger partial charge in [-0.3, -0.25) is 4.98 Å². The minimum Gasteiger partial charge on any atom is -0.381 e. The molecule has 2 heteroatoms. The van der Waals surface area contributed by atoms with Crippen molar-refractivity contribution in [3.63, 3.8) is 0 Å². The highest BCUT2D eigenvalue weighted by Crippen LogP contribution is 2.14. The van der Waals surface area contributed by atoms with Gasteiger partial charge < -0.3 is 5.32 Å². The van der Waals surface area contributed by atoms with E-state index in [9.17, 15) is 0 Å². The van der Waals surface area contributed by atoms with Crippen molar-refractivity contribution >= 4 is 5.69 Å². The highest BCUT2D eigenvalue weighted by Gasteiger charge is 2.03. The van der Waals surface area contributed by atoms with E-state index >= 15 is 0 Å². The second kappa shape index (κ2) is 6.44. The smallest absolute Gasteiger partial charge is 0.0558 e. The first-order valence-electron chi connectivity index (χ1n) is 5.91. The van der Waals surface area contributed by atoms with Gasteiger partial charge in [-0.15, -0.1) is 0 Å². The van der Waals surface area contributed by atoms with Gasteiger partial charge >= 0.3 is 0 Å². The van der Waals surface area contributed by atoms with Gasteiger partial charge in [0, 0.05) is 12.2 Å². The number of hydrogen-bond donors (Lipinski definition) is 1. The fourth-order valence-electron chi connectivity index (χ4n) is 1.65. The largest absolute Gasteiger partial charge is 0.381 e. The zero-order chi connectivity index (χ0) is 11.1. The van der Waals surface area contributed by atoms with Crippen LogP contribution >= 0.6 is 0 Å². The maximum Gasteiger partial charge on any atom is 0.0558 e. The molecule has 0 aliphatic carbocycles. The minimum atomic E-state index is 0.541. The Morgan fingerprint density at radius 3 is 2.87 bits per heavy atom. The zero-order valence-corrected chi connectivity index (χ0v) is 10.1. The van der Waals surface area contributed by atoms with Gasteiger partial charge in [-0.2, -0.15) is 0 Å². The molecule has 2 nitrogen and oxygen atoms in total. The quantitative estimate of drug-likeness (QED) is 0.717. The molecule has 0 aromatic carbocycles. The Balaban J connectivity index is 2.37. The van der Waals surface area contributed by atoms with E-state index in [0.29, 0.717) is 6.04 Å². The Labute approximate surface area is 93.1 Å². The molecule has 15 heavy (non-hydrogen) atoms. The van der Waals surface area contributed by atoms with E-state index in [1.54, 1.807) is 0 Å². The van der Waals surface area contributed by atoms with Crippen molar-refractivity contribution in [1.29, 1.82) is 0 Å². The van der Waals surface area contributed by atoms with Crippen LogP contribution in [0, 0.1) is 6.92 Å². The standard InChI is InChI=1S/C13H22N2/c1-4-5-6-7-12(3)15-13-10-14-9-8-11(13)2/h8-10,12,15H,4-7H2,1-3H3. The molecule has 1 aromatic rings. The summed E-state index contributed by atoms with van der Waals surface area (Å²) >= 11 is 0. The van der Waals surface area contributed by atoms with E-state index in [4.69, 9.17) is 0 Å². The number of hydrogen-bond acceptors (Lipinski definition) is 2. The number of aryl methyl sites for hydroxylation is 1. The average molecular weight is 206 g/mol. The number of unbranched alkanes of at least 4 members (excludes halogenated alkanes) is 2. The second-order valence-electron chi connectivity index (χ2n) is 4.23. The monoisotopic (exact) mass is 206 g/mol. The van der Waals surface area contributed by atoms with Gasteiger partial charge in [-0.25, -0.2) is 0 Å². The van der Waals surface area contributed by atoms with Crippen LogP contribution in [-0.2, 0) is 0 Å². The van der Waals surface area contributed by atoms with E-state index in [-0.39, 0.29) is 0 Å². The van der Waals surface area contributed by atoms with Gasteiger partial charge in [0.05, 0.1) is 11.9 Å². The molecule has 1 unspecified atom stereocenters. The van der Waals surface area contributed by atoms with E-state index in [1.165, 1.54) is 36.9 Å². The Morgan fingerprint density at radius 1 is 1.40 bits per heavy atom. The van der Waals surface area contributed by atoms with Crippen molar-refractivity contribution in [2.24, 2.45) is 0 Å². The lowest BCUT2D eigenvalue weighted by molar-refractivity contribution is 0.614. The summed E-state index contributed by atoms with van der Waals surface area (Å²) in [4.78, 5) is 4.13. The van der Waals surface area contributed by atoms with Crippen LogP contribution in [0.5, 0.6) is 0 Å². The molecule has 0 saturated carbocycles. The van der Waals surface area contributed by atoms with Crippen LogP contribution in [0.1, 0.15) is 45.1 Å². The lowest BCUT2D eigenvalue weighted by Gasteiger charge is -2.16. The second-order valence-corrected chi connectivity index (χ2v) is 4.23. The molecule has 0 amide bonds. The van der Waals surface area contributed by atoms with Crippen LogP contribution in [0.2, 0.25) is 0 Å². The maximum absolute atomic E-state index is 4.13. The molecule has 0 fully saturated rings. The van der Waals surface area contributed by atoms with Crippen LogP contribution in [0.3, 0.4) is 0 Å². The van der Waals surface area contributed by atoms with Crippen molar-refractivity contribution in [3.8, 4) is 0 Å². The van der Waals surface area contributed by atoms with Gasteiger partial charge in [0.25, 0.3) is 0 Å². The summed E-state index contributed by atoms with van der Waals surface area (Å²) in [6.07, 6.45) is 8.91. The highest BCUT2D eigenvalue weighted by atomic mass is 14.9. The summed E-state index contributed by atoms with van der Waals surface area (Å²) in [6.45, 7) is 6.59. The molecular formula is C13H22N2.